The summed E-state index contributed by atoms with van der Waals surface area (Å²) in [6.07, 6.45) is 0.894. The second-order valence-corrected chi connectivity index (χ2v) is 5.81. The minimum Gasteiger partial charge on any atom is -0.488 e. The third-order valence-corrected chi connectivity index (χ3v) is 4.25. The molecule has 1 aliphatic rings. The summed E-state index contributed by atoms with van der Waals surface area (Å²) in [5.41, 5.74) is 2.34. The van der Waals surface area contributed by atoms with Gasteiger partial charge >= 0.3 is 0 Å². The van der Waals surface area contributed by atoms with Crippen LogP contribution in [-0.2, 0) is 6.42 Å². The lowest BCUT2D eigenvalue weighted by Crippen LogP contribution is -2.19. The summed E-state index contributed by atoms with van der Waals surface area (Å²) in [5, 5.41) is -0.120. The van der Waals surface area contributed by atoms with Crippen LogP contribution < -0.4 is 4.74 Å². The fraction of sp³-hybridized carbons (Fsp3) is 0.200. The van der Waals surface area contributed by atoms with Crippen molar-refractivity contribution in [2.24, 2.45) is 0 Å². The average Bonchev–Trinajstić information content (AvgIpc) is 2.82. The first kappa shape index (κ1) is 12.1. The molecule has 0 radical (unpaired) electrons. The van der Waals surface area contributed by atoms with Crippen molar-refractivity contribution < 1.29 is 4.74 Å². The van der Waals surface area contributed by atoms with Crippen molar-refractivity contribution >= 4 is 27.5 Å². The van der Waals surface area contributed by atoms with E-state index in [9.17, 15) is 0 Å². The number of hydrogen-bond donors (Lipinski definition) is 0. The molecule has 0 fully saturated rings. The second kappa shape index (κ2) is 4.94. The highest BCUT2D eigenvalue weighted by Gasteiger charge is 2.29. The number of hydrogen-bond acceptors (Lipinski definition) is 1. The van der Waals surface area contributed by atoms with Crippen molar-refractivity contribution in [3.05, 3.63) is 64.1 Å². The van der Waals surface area contributed by atoms with Crippen LogP contribution in [0.1, 0.15) is 16.5 Å². The Labute approximate surface area is 120 Å². The smallest absolute Gasteiger partial charge is 0.123 e. The molecule has 0 N–H and O–H groups in total. The van der Waals surface area contributed by atoms with Crippen molar-refractivity contribution in [1.29, 1.82) is 0 Å². The van der Waals surface area contributed by atoms with Gasteiger partial charge in [-0.3, -0.25) is 0 Å². The van der Waals surface area contributed by atoms with Gasteiger partial charge in [-0.15, -0.1) is 11.6 Å². The third-order valence-electron chi connectivity index (χ3n) is 3.19. The number of halogens is 2. The van der Waals surface area contributed by atoms with Gasteiger partial charge in [0.2, 0.25) is 0 Å². The molecule has 0 spiro atoms. The molecule has 92 valence electrons. The standard InChI is InChI=1S/C15H12BrClO/c16-12-7-5-10(6-8-12)15(17)14-9-11-3-1-2-4-13(11)18-14/h1-8,14-15H,9H2. The zero-order valence-electron chi connectivity index (χ0n) is 9.64. The molecule has 2 atom stereocenters. The molecule has 3 heteroatoms. The van der Waals surface area contributed by atoms with Gasteiger partial charge in [-0.05, 0) is 29.3 Å². The molecule has 1 heterocycles. The van der Waals surface area contributed by atoms with E-state index in [-0.39, 0.29) is 11.5 Å². The molecule has 18 heavy (non-hydrogen) atoms. The van der Waals surface area contributed by atoms with Crippen molar-refractivity contribution in [2.45, 2.75) is 17.9 Å². The zero-order chi connectivity index (χ0) is 12.5. The number of rotatable bonds is 2. The van der Waals surface area contributed by atoms with Crippen molar-refractivity contribution in [3.63, 3.8) is 0 Å². The summed E-state index contributed by atoms with van der Waals surface area (Å²) in [6.45, 7) is 0. The molecule has 1 aliphatic heterocycles. The molecule has 0 saturated carbocycles. The minimum atomic E-state index is -0.120. The van der Waals surface area contributed by atoms with E-state index in [0.717, 1.165) is 22.2 Å². The summed E-state index contributed by atoms with van der Waals surface area (Å²) in [4.78, 5) is 0. The number of benzene rings is 2. The normalized spacial score (nSPS) is 19.1. The van der Waals surface area contributed by atoms with Gasteiger partial charge in [-0.25, -0.2) is 0 Å². The molecule has 2 unspecified atom stereocenters. The lowest BCUT2D eigenvalue weighted by atomic mass is 10.0. The molecule has 2 aromatic rings. The molecule has 1 nitrogen and oxygen atoms in total. The molecule has 0 saturated heterocycles. The van der Waals surface area contributed by atoms with Crippen LogP contribution in [0.15, 0.2) is 53.0 Å². The predicted octanol–water partition coefficient (Wildman–Crippen LogP) is 4.73. The average molecular weight is 324 g/mol. The maximum absolute atomic E-state index is 6.51. The number of para-hydroxylation sites is 1. The second-order valence-electron chi connectivity index (χ2n) is 4.42. The zero-order valence-corrected chi connectivity index (χ0v) is 12.0. The van der Waals surface area contributed by atoms with E-state index in [1.165, 1.54) is 5.56 Å². The lowest BCUT2D eigenvalue weighted by molar-refractivity contribution is 0.227. The van der Waals surface area contributed by atoms with Crippen molar-refractivity contribution in [2.75, 3.05) is 0 Å². The predicted molar refractivity (Wildman–Crippen MR) is 77.3 cm³/mol. The van der Waals surface area contributed by atoms with Crippen LogP contribution in [0.5, 0.6) is 5.75 Å². The summed E-state index contributed by atoms with van der Waals surface area (Å²) in [5.74, 6) is 0.963. The van der Waals surface area contributed by atoms with Gasteiger partial charge in [0.15, 0.2) is 0 Å². The lowest BCUT2D eigenvalue weighted by Gasteiger charge is -2.17. The Morgan fingerprint density at radius 1 is 1.11 bits per heavy atom. The number of ether oxygens (including phenoxy) is 1. The molecular weight excluding hydrogens is 312 g/mol. The summed E-state index contributed by atoms with van der Waals surface area (Å²) >= 11 is 9.94. The highest BCUT2D eigenvalue weighted by Crippen LogP contribution is 2.37. The van der Waals surface area contributed by atoms with Crippen LogP contribution in [-0.4, -0.2) is 6.10 Å². The first-order valence-corrected chi connectivity index (χ1v) is 7.11. The van der Waals surface area contributed by atoms with E-state index < -0.39 is 0 Å². The Morgan fingerprint density at radius 3 is 2.56 bits per heavy atom. The van der Waals surface area contributed by atoms with Crippen molar-refractivity contribution in [1.82, 2.24) is 0 Å². The van der Waals surface area contributed by atoms with Crippen LogP contribution in [0, 0.1) is 0 Å². The molecule has 0 bridgehead atoms. The van der Waals surface area contributed by atoms with E-state index in [1.807, 2.05) is 42.5 Å². The van der Waals surface area contributed by atoms with Crippen LogP contribution in [0.4, 0.5) is 0 Å². The number of fused-ring (bicyclic) bond motifs is 1. The summed E-state index contributed by atoms with van der Waals surface area (Å²) in [7, 11) is 0. The Morgan fingerprint density at radius 2 is 1.83 bits per heavy atom. The fourth-order valence-electron chi connectivity index (χ4n) is 2.23. The van der Waals surface area contributed by atoms with Gasteiger partial charge in [-0.1, -0.05) is 46.3 Å². The molecule has 2 aromatic carbocycles. The van der Waals surface area contributed by atoms with Gasteiger partial charge in [0.25, 0.3) is 0 Å². The minimum absolute atomic E-state index is 0.0187. The third kappa shape index (κ3) is 2.27. The number of alkyl halides is 1. The maximum atomic E-state index is 6.51. The van der Waals surface area contributed by atoms with Crippen LogP contribution in [0.25, 0.3) is 0 Å². The molecule has 0 aliphatic carbocycles. The molecule has 3 rings (SSSR count). The monoisotopic (exact) mass is 322 g/mol. The van der Waals surface area contributed by atoms with Crippen LogP contribution in [0.3, 0.4) is 0 Å². The van der Waals surface area contributed by atoms with E-state index in [4.69, 9.17) is 16.3 Å². The van der Waals surface area contributed by atoms with E-state index in [0.29, 0.717) is 0 Å². The quantitative estimate of drug-likeness (QED) is 0.726. The van der Waals surface area contributed by atoms with Gasteiger partial charge in [0.1, 0.15) is 11.9 Å². The molecule has 0 amide bonds. The Hall–Kier alpha value is -0.990. The molecule has 0 aromatic heterocycles. The SMILES string of the molecule is ClC(c1ccc(Br)cc1)C1Cc2ccccc2O1. The first-order valence-electron chi connectivity index (χ1n) is 5.88. The van der Waals surface area contributed by atoms with E-state index in [2.05, 4.69) is 22.0 Å². The highest BCUT2D eigenvalue weighted by molar-refractivity contribution is 9.10. The van der Waals surface area contributed by atoms with Crippen LogP contribution in [0.2, 0.25) is 0 Å². The summed E-state index contributed by atoms with van der Waals surface area (Å²) < 4.78 is 6.97. The van der Waals surface area contributed by atoms with Crippen molar-refractivity contribution in [3.8, 4) is 5.75 Å². The van der Waals surface area contributed by atoms with Gasteiger partial charge < -0.3 is 4.74 Å². The molecular formula is C15H12BrClO. The first-order chi connectivity index (χ1) is 8.74. The Bertz CT molecular complexity index is 528. The highest BCUT2D eigenvalue weighted by atomic mass is 79.9. The largest absolute Gasteiger partial charge is 0.488 e. The van der Waals surface area contributed by atoms with Gasteiger partial charge in [0.05, 0.1) is 5.38 Å². The van der Waals surface area contributed by atoms with Gasteiger partial charge in [-0.2, -0.15) is 0 Å². The van der Waals surface area contributed by atoms with E-state index >= 15 is 0 Å². The van der Waals surface area contributed by atoms with E-state index in [1.54, 1.807) is 0 Å². The summed E-state index contributed by atoms with van der Waals surface area (Å²) in [6, 6.07) is 16.2. The van der Waals surface area contributed by atoms with Gasteiger partial charge in [0, 0.05) is 10.9 Å². The topological polar surface area (TPSA) is 9.23 Å². The fourth-order valence-corrected chi connectivity index (χ4v) is 2.78. The maximum Gasteiger partial charge on any atom is 0.123 e. The van der Waals surface area contributed by atoms with Crippen LogP contribution >= 0.6 is 27.5 Å². The Kier molecular flexibility index (Phi) is 3.31. The Balaban J connectivity index is 1.80.